The number of alkyl carbamates (subject to hydrolysis) is 1. The summed E-state index contributed by atoms with van der Waals surface area (Å²) in [6.07, 6.45) is 6.39. The van der Waals surface area contributed by atoms with Gasteiger partial charge in [-0.15, -0.1) is 0 Å². The Bertz CT molecular complexity index is 1380. The zero-order chi connectivity index (χ0) is 32.4. The molecule has 0 saturated carbocycles. The van der Waals surface area contributed by atoms with Crippen LogP contribution in [0.1, 0.15) is 41.0 Å². The van der Waals surface area contributed by atoms with Crippen LogP contribution in [0.2, 0.25) is 0 Å². The number of nitrogens with zero attached hydrogens (tertiary/aromatic N) is 4. The first-order chi connectivity index (χ1) is 21.4. The van der Waals surface area contributed by atoms with Gasteiger partial charge in [-0.25, -0.2) is 33.8 Å². The Balaban J connectivity index is 0. The summed E-state index contributed by atoms with van der Waals surface area (Å²) >= 11 is 0. The minimum absolute atomic E-state index is 0. The zero-order valence-corrected chi connectivity index (χ0v) is 24.1. The molecule has 2 aromatic rings. The van der Waals surface area contributed by atoms with Crippen molar-refractivity contribution in [1.29, 1.82) is 0 Å². The molecule has 2 aromatic carbocycles. The van der Waals surface area contributed by atoms with E-state index in [1.54, 1.807) is 36.4 Å². The van der Waals surface area contributed by atoms with E-state index < -0.39 is 18.1 Å². The van der Waals surface area contributed by atoms with Crippen molar-refractivity contribution in [1.82, 2.24) is 10.8 Å². The number of carbonyl (C=O) groups excluding carboxylic acids is 6. The van der Waals surface area contributed by atoms with Gasteiger partial charge in [-0.05, 0) is 38.3 Å². The molecule has 1 atom stereocenters. The van der Waals surface area contributed by atoms with Crippen LogP contribution >= 0.6 is 0 Å². The molecule has 0 saturated heterocycles. The van der Waals surface area contributed by atoms with Crippen LogP contribution in [0, 0.1) is 0 Å². The van der Waals surface area contributed by atoms with Gasteiger partial charge in [-0.2, -0.15) is 20.5 Å². The summed E-state index contributed by atoms with van der Waals surface area (Å²) in [5.41, 5.74) is 4.48. The summed E-state index contributed by atoms with van der Waals surface area (Å²) in [7, 11) is 0. The Morgan fingerprint density at radius 2 is 1.46 bits per heavy atom. The topological polar surface area (TPSA) is 204 Å². The van der Waals surface area contributed by atoms with E-state index in [4.69, 9.17) is 14.3 Å². The van der Waals surface area contributed by atoms with Gasteiger partial charge >= 0.3 is 12.1 Å². The second-order valence-electron chi connectivity index (χ2n) is 8.63. The molecule has 0 aliphatic rings. The third-order valence-electron chi connectivity index (χ3n) is 5.22. The van der Waals surface area contributed by atoms with E-state index >= 15 is 0 Å². The molecule has 15 heteroatoms. The molecule has 0 aromatic heterocycles. The highest BCUT2D eigenvalue weighted by molar-refractivity contribution is 6.00. The van der Waals surface area contributed by atoms with Crippen molar-refractivity contribution in [3.63, 3.8) is 0 Å². The lowest BCUT2D eigenvalue weighted by Crippen LogP contribution is -2.32. The monoisotopic (exact) mass is 640 g/mol. The third-order valence-corrected chi connectivity index (χ3v) is 5.22. The van der Waals surface area contributed by atoms with Crippen molar-refractivity contribution in [2.45, 2.75) is 47.1 Å². The Hall–Kier alpha value is -5.38. The molecule has 1 amide bonds. The molecule has 2 N–H and O–H groups in total. The van der Waals surface area contributed by atoms with Gasteiger partial charge in [0, 0.05) is 10.8 Å². The summed E-state index contributed by atoms with van der Waals surface area (Å²) in [6, 6.07) is 9.49. The van der Waals surface area contributed by atoms with Crippen LogP contribution in [-0.2, 0) is 38.3 Å². The number of carbonyl (C=O) groups is 2. The van der Waals surface area contributed by atoms with Crippen LogP contribution < -0.4 is 10.8 Å². The third kappa shape index (κ3) is 18.3. The van der Waals surface area contributed by atoms with E-state index in [-0.39, 0.29) is 47.6 Å². The Kier molecular flexibility index (Phi) is 25.3. The van der Waals surface area contributed by atoms with Crippen LogP contribution in [0.15, 0.2) is 68.5 Å². The predicted molar refractivity (Wildman–Crippen MR) is 171 cm³/mol. The number of benzene rings is 2. The number of amides is 1. The second kappa shape index (κ2) is 27.2. The molecule has 248 valence electrons. The molecule has 0 aliphatic carbocycles. The van der Waals surface area contributed by atoms with Crippen LogP contribution in [0.5, 0.6) is 0 Å². The number of unbranched alkanes of at least 4 members (excludes halogenated alkanes) is 1. The summed E-state index contributed by atoms with van der Waals surface area (Å²) in [4.78, 5) is 83.1. The SMILES string of the molecule is C.C.C=C(C)CONCCOC(=O)NCCOC(=O)C(CCCCN=C=O)N=C=O.O=C=Nc1cccc2c(N=C=O)cccc12. The number of hydrogen-bond donors (Lipinski definition) is 2. The molecule has 0 bridgehead atoms. The van der Waals surface area contributed by atoms with Crippen LogP contribution in [-0.4, -0.2) is 81.9 Å². The Morgan fingerprint density at radius 1 is 0.848 bits per heavy atom. The Labute approximate surface area is 267 Å². The quantitative estimate of drug-likeness (QED) is 0.0578. The largest absolute Gasteiger partial charge is 0.462 e. The van der Waals surface area contributed by atoms with Gasteiger partial charge in [0.2, 0.25) is 24.3 Å². The standard InChI is InChI=1S/C17H26N4O7.C12H6N2O2.2CH4/c1-14(2)11-28-21-8-10-27-17(25)19-7-9-26-16(24)15(20-13-23)5-3-4-6-18-12-22;15-7-13-11-5-1-3-9-10(11)4-2-6-12(9)14-8-16;;/h15,21H,1,3-11H2,2H3,(H,19,25);1-6H;2*1H4. The van der Waals surface area contributed by atoms with Gasteiger partial charge < -0.3 is 14.8 Å². The van der Waals surface area contributed by atoms with E-state index in [1.165, 1.54) is 24.3 Å². The zero-order valence-electron chi connectivity index (χ0n) is 24.1. The number of rotatable bonds is 18. The lowest BCUT2D eigenvalue weighted by atomic mass is 10.1. The second-order valence-corrected chi connectivity index (χ2v) is 8.63. The van der Waals surface area contributed by atoms with Gasteiger partial charge in [0.05, 0.1) is 37.6 Å². The summed E-state index contributed by atoms with van der Waals surface area (Å²) < 4.78 is 9.82. The van der Waals surface area contributed by atoms with Crippen molar-refractivity contribution in [2.75, 3.05) is 39.5 Å². The fourth-order valence-corrected chi connectivity index (χ4v) is 3.33. The van der Waals surface area contributed by atoms with E-state index in [0.29, 0.717) is 37.4 Å². The molecule has 0 spiro atoms. The predicted octanol–water partition coefficient (Wildman–Crippen LogP) is 4.61. The highest BCUT2D eigenvalue weighted by Crippen LogP contribution is 2.31. The number of aliphatic imine (C=N–C) groups is 4. The van der Waals surface area contributed by atoms with E-state index in [9.17, 15) is 28.8 Å². The molecule has 0 heterocycles. The number of fused-ring (bicyclic) bond motifs is 1. The van der Waals surface area contributed by atoms with Gasteiger partial charge in [-0.1, -0.05) is 51.3 Å². The molecular formula is C31H40N6O9. The van der Waals surface area contributed by atoms with Gasteiger partial charge in [0.1, 0.15) is 13.2 Å². The average molecular weight is 641 g/mol. The number of ether oxygens (including phenoxy) is 2. The molecule has 2 rings (SSSR count). The minimum atomic E-state index is -0.977. The molecule has 0 radical (unpaired) electrons. The Morgan fingerprint density at radius 3 is 2.00 bits per heavy atom. The maximum absolute atomic E-state index is 11.9. The van der Waals surface area contributed by atoms with Gasteiger partial charge in [0.15, 0.2) is 6.04 Å². The van der Waals surface area contributed by atoms with Crippen molar-refractivity contribution < 1.29 is 43.1 Å². The highest BCUT2D eigenvalue weighted by Gasteiger charge is 2.18. The minimum Gasteiger partial charge on any atom is -0.462 e. The first kappa shape index (κ1) is 42.8. The van der Waals surface area contributed by atoms with Crippen molar-refractivity contribution in [3.8, 4) is 0 Å². The fraction of sp³-hybridized carbons (Fsp3) is 0.419. The number of hydrogen-bond acceptors (Lipinski definition) is 14. The smallest absolute Gasteiger partial charge is 0.407 e. The van der Waals surface area contributed by atoms with E-state index in [2.05, 4.69) is 37.3 Å². The summed E-state index contributed by atoms with van der Waals surface area (Å²) in [6.45, 7) is 6.46. The van der Waals surface area contributed by atoms with Crippen molar-refractivity contribution in [3.05, 3.63) is 48.6 Å². The normalized spacial score (nSPS) is 9.76. The summed E-state index contributed by atoms with van der Waals surface area (Å²) in [5, 5.41) is 3.91. The average Bonchev–Trinajstić information content (AvgIpc) is 3.01. The maximum Gasteiger partial charge on any atom is 0.407 e. The lowest BCUT2D eigenvalue weighted by Gasteiger charge is -2.11. The van der Waals surface area contributed by atoms with Crippen LogP contribution in [0.3, 0.4) is 0 Å². The van der Waals surface area contributed by atoms with Crippen molar-refractivity contribution >= 4 is 58.5 Å². The summed E-state index contributed by atoms with van der Waals surface area (Å²) in [5.74, 6) is -0.698. The molecular weight excluding hydrogens is 600 g/mol. The van der Waals surface area contributed by atoms with Gasteiger partial charge in [-0.3, -0.25) is 4.84 Å². The first-order valence-corrected chi connectivity index (χ1v) is 13.2. The molecule has 15 nitrogen and oxygen atoms in total. The fourth-order valence-electron chi connectivity index (χ4n) is 3.33. The van der Waals surface area contributed by atoms with Crippen LogP contribution in [0.4, 0.5) is 16.2 Å². The molecule has 0 fully saturated rings. The number of nitrogens with one attached hydrogen (secondary N) is 2. The number of isocyanates is 4. The van der Waals surface area contributed by atoms with E-state index in [0.717, 1.165) is 16.3 Å². The van der Waals surface area contributed by atoms with Gasteiger partial charge in [0.25, 0.3) is 0 Å². The molecule has 46 heavy (non-hydrogen) atoms. The van der Waals surface area contributed by atoms with E-state index in [1.807, 2.05) is 6.92 Å². The molecule has 0 aliphatic heterocycles. The number of esters is 1. The lowest BCUT2D eigenvalue weighted by molar-refractivity contribution is -0.145. The van der Waals surface area contributed by atoms with Crippen LogP contribution in [0.25, 0.3) is 10.8 Å². The highest BCUT2D eigenvalue weighted by atomic mass is 16.6. The first-order valence-electron chi connectivity index (χ1n) is 13.2. The number of hydroxylamine groups is 1. The molecule has 1 unspecified atom stereocenters. The van der Waals surface area contributed by atoms with Crippen molar-refractivity contribution in [2.24, 2.45) is 20.0 Å². The maximum atomic E-state index is 11.9.